The summed E-state index contributed by atoms with van der Waals surface area (Å²) < 4.78 is 1.56. The monoisotopic (exact) mass is 369 g/mol. The Labute approximate surface area is 157 Å². The molecule has 8 heteroatoms. The van der Waals surface area contributed by atoms with Crippen molar-refractivity contribution in [1.29, 1.82) is 0 Å². The fourth-order valence-electron chi connectivity index (χ4n) is 2.78. The van der Waals surface area contributed by atoms with Crippen LogP contribution >= 0.6 is 0 Å². The number of aromatic nitrogens is 2. The summed E-state index contributed by atoms with van der Waals surface area (Å²) in [4.78, 5) is 29.2. The highest BCUT2D eigenvalue weighted by molar-refractivity contribution is 5.95. The van der Waals surface area contributed by atoms with Gasteiger partial charge in [0, 0.05) is 30.8 Å². The van der Waals surface area contributed by atoms with Crippen LogP contribution in [0.2, 0.25) is 0 Å². The molecule has 1 atom stereocenters. The van der Waals surface area contributed by atoms with Gasteiger partial charge in [-0.15, -0.1) is 0 Å². The minimum absolute atomic E-state index is 0.102. The largest absolute Gasteiger partial charge is 0.390 e. The number of carbonyl (C=O) groups excluding carboxylic acids is 2. The zero-order valence-corrected chi connectivity index (χ0v) is 15.4. The van der Waals surface area contributed by atoms with Crippen molar-refractivity contribution in [3.05, 3.63) is 42.2 Å². The van der Waals surface area contributed by atoms with Gasteiger partial charge in [0.05, 0.1) is 18.5 Å². The first-order chi connectivity index (χ1) is 13.1. The second kappa shape index (κ2) is 8.48. The second-order valence-corrected chi connectivity index (χ2v) is 6.33. The maximum absolute atomic E-state index is 12.4. The van der Waals surface area contributed by atoms with Crippen molar-refractivity contribution in [2.45, 2.75) is 32.4 Å². The maximum atomic E-state index is 12.4. The Morgan fingerprint density at radius 1 is 1.33 bits per heavy atom. The van der Waals surface area contributed by atoms with Crippen LogP contribution in [0, 0.1) is 0 Å². The van der Waals surface area contributed by atoms with E-state index in [0.717, 1.165) is 29.7 Å². The Bertz CT molecular complexity index is 859. The van der Waals surface area contributed by atoms with Gasteiger partial charge < -0.3 is 15.5 Å². The standard InChI is InChI=1S/C19H23N5O3/c1-3-16-8-17(27-23-16)10-21-19(26)14-6-4-5-13(7-14)15-9-22-24(11-15)12-18(25)20-2/h4-7,9,11,17H,3,8,10,12H2,1-2H3,(H,20,25)(H,21,26). The van der Waals surface area contributed by atoms with E-state index in [1.807, 2.05) is 19.1 Å². The molecule has 2 amide bonds. The van der Waals surface area contributed by atoms with Crippen LogP contribution in [0.4, 0.5) is 0 Å². The molecule has 0 radical (unpaired) electrons. The zero-order chi connectivity index (χ0) is 19.2. The molecule has 1 aliphatic heterocycles. The molecule has 2 N–H and O–H groups in total. The average molecular weight is 369 g/mol. The molecular formula is C19H23N5O3. The molecule has 0 fully saturated rings. The lowest BCUT2D eigenvalue weighted by molar-refractivity contribution is -0.121. The Morgan fingerprint density at radius 2 is 2.19 bits per heavy atom. The van der Waals surface area contributed by atoms with Gasteiger partial charge in [0.25, 0.3) is 5.91 Å². The van der Waals surface area contributed by atoms with E-state index in [9.17, 15) is 9.59 Å². The van der Waals surface area contributed by atoms with Crippen molar-refractivity contribution in [2.75, 3.05) is 13.6 Å². The number of likely N-dealkylation sites (N-methyl/N-ethyl adjacent to an activating group) is 1. The highest BCUT2D eigenvalue weighted by Gasteiger charge is 2.20. The number of carbonyl (C=O) groups is 2. The van der Waals surface area contributed by atoms with E-state index in [0.29, 0.717) is 12.1 Å². The van der Waals surface area contributed by atoms with E-state index in [4.69, 9.17) is 4.84 Å². The van der Waals surface area contributed by atoms with Gasteiger partial charge in [0.1, 0.15) is 12.6 Å². The highest BCUT2D eigenvalue weighted by Crippen LogP contribution is 2.20. The normalized spacial score (nSPS) is 15.8. The quantitative estimate of drug-likeness (QED) is 0.774. The van der Waals surface area contributed by atoms with E-state index < -0.39 is 0 Å². The third-order valence-corrected chi connectivity index (χ3v) is 4.37. The SMILES string of the molecule is CCC1=NOC(CNC(=O)c2cccc(-c3cnn(CC(=O)NC)c3)c2)C1. The topological polar surface area (TPSA) is 97.6 Å². The number of nitrogens with one attached hydrogen (secondary N) is 2. The first-order valence-corrected chi connectivity index (χ1v) is 8.92. The first kappa shape index (κ1) is 18.6. The van der Waals surface area contributed by atoms with Crippen molar-refractivity contribution in [1.82, 2.24) is 20.4 Å². The third-order valence-electron chi connectivity index (χ3n) is 4.37. The summed E-state index contributed by atoms with van der Waals surface area (Å²) >= 11 is 0. The molecule has 0 aliphatic carbocycles. The lowest BCUT2D eigenvalue weighted by Crippen LogP contribution is -2.32. The van der Waals surface area contributed by atoms with Gasteiger partial charge >= 0.3 is 0 Å². The number of nitrogens with zero attached hydrogens (tertiary/aromatic N) is 3. The van der Waals surface area contributed by atoms with Crippen LogP contribution in [0.15, 0.2) is 41.8 Å². The van der Waals surface area contributed by atoms with E-state index >= 15 is 0 Å². The maximum Gasteiger partial charge on any atom is 0.251 e. The van der Waals surface area contributed by atoms with Gasteiger partial charge in [-0.25, -0.2) is 0 Å². The van der Waals surface area contributed by atoms with Crippen LogP contribution in [-0.4, -0.2) is 47.0 Å². The Hall–Kier alpha value is -3.16. The molecule has 0 saturated heterocycles. The predicted octanol–water partition coefficient (Wildman–Crippen LogP) is 1.58. The fraction of sp³-hybridized carbons (Fsp3) is 0.368. The van der Waals surface area contributed by atoms with Crippen LogP contribution < -0.4 is 10.6 Å². The molecule has 27 heavy (non-hydrogen) atoms. The van der Waals surface area contributed by atoms with Gasteiger partial charge in [-0.2, -0.15) is 5.10 Å². The first-order valence-electron chi connectivity index (χ1n) is 8.92. The van der Waals surface area contributed by atoms with Crippen molar-refractivity contribution < 1.29 is 14.4 Å². The minimum Gasteiger partial charge on any atom is -0.390 e. The number of rotatable bonds is 7. The molecule has 1 aromatic heterocycles. The minimum atomic E-state index is -0.164. The molecule has 0 spiro atoms. The summed E-state index contributed by atoms with van der Waals surface area (Å²) in [5.41, 5.74) is 3.28. The molecule has 0 saturated carbocycles. The summed E-state index contributed by atoms with van der Waals surface area (Å²) in [6, 6.07) is 7.29. The van der Waals surface area contributed by atoms with Crippen LogP contribution in [0.25, 0.3) is 11.1 Å². The summed E-state index contributed by atoms with van der Waals surface area (Å²) in [5.74, 6) is -0.287. The van der Waals surface area contributed by atoms with Gasteiger partial charge in [-0.1, -0.05) is 24.2 Å². The molecule has 2 heterocycles. The predicted molar refractivity (Wildman–Crippen MR) is 101 cm³/mol. The van der Waals surface area contributed by atoms with E-state index in [1.165, 1.54) is 0 Å². The molecule has 1 aliphatic rings. The fourth-order valence-corrected chi connectivity index (χ4v) is 2.78. The number of benzene rings is 1. The average Bonchev–Trinajstić information content (AvgIpc) is 3.35. The summed E-state index contributed by atoms with van der Waals surface area (Å²) in [5, 5.41) is 13.6. The molecule has 1 unspecified atom stereocenters. The van der Waals surface area contributed by atoms with Crippen LogP contribution in [0.1, 0.15) is 30.1 Å². The summed E-state index contributed by atoms with van der Waals surface area (Å²) in [7, 11) is 1.58. The van der Waals surface area contributed by atoms with E-state index in [1.54, 1.807) is 36.3 Å². The van der Waals surface area contributed by atoms with E-state index in [2.05, 4.69) is 20.9 Å². The van der Waals surface area contributed by atoms with Gasteiger partial charge in [0.2, 0.25) is 5.91 Å². The van der Waals surface area contributed by atoms with E-state index in [-0.39, 0.29) is 24.5 Å². The van der Waals surface area contributed by atoms with Gasteiger partial charge in [-0.3, -0.25) is 14.3 Å². The van der Waals surface area contributed by atoms with Crippen molar-refractivity contribution >= 4 is 17.5 Å². The number of hydrogen-bond acceptors (Lipinski definition) is 5. The lowest BCUT2D eigenvalue weighted by atomic mass is 10.1. The Morgan fingerprint density at radius 3 is 2.93 bits per heavy atom. The van der Waals surface area contributed by atoms with Crippen molar-refractivity contribution in [3.8, 4) is 11.1 Å². The number of oxime groups is 1. The number of amides is 2. The molecule has 142 valence electrons. The molecule has 8 nitrogen and oxygen atoms in total. The Balaban J connectivity index is 1.61. The van der Waals surface area contributed by atoms with Crippen LogP contribution in [0.3, 0.4) is 0 Å². The lowest BCUT2D eigenvalue weighted by Gasteiger charge is -2.10. The van der Waals surface area contributed by atoms with Crippen LogP contribution in [0.5, 0.6) is 0 Å². The molecule has 3 rings (SSSR count). The zero-order valence-electron chi connectivity index (χ0n) is 15.4. The Kier molecular flexibility index (Phi) is 5.85. The second-order valence-electron chi connectivity index (χ2n) is 6.33. The van der Waals surface area contributed by atoms with Crippen molar-refractivity contribution in [3.63, 3.8) is 0 Å². The van der Waals surface area contributed by atoms with Gasteiger partial charge in [0.15, 0.2) is 0 Å². The third kappa shape index (κ3) is 4.72. The molecule has 2 aromatic rings. The summed E-state index contributed by atoms with van der Waals surface area (Å²) in [6.07, 6.45) is 4.97. The number of hydrogen-bond donors (Lipinski definition) is 2. The molecular weight excluding hydrogens is 346 g/mol. The molecule has 0 bridgehead atoms. The van der Waals surface area contributed by atoms with Crippen LogP contribution in [-0.2, 0) is 16.2 Å². The smallest absolute Gasteiger partial charge is 0.251 e. The van der Waals surface area contributed by atoms with Crippen molar-refractivity contribution in [2.24, 2.45) is 5.16 Å². The summed E-state index contributed by atoms with van der Waals surface area (Å²) in [6.45, 7) is 2.60. The highest BCUT2D eigenvalue weighted by atomic mass is 16.6. The molecule has 1 aromatic carbocycles. The van der Waals surface area contributed by atoms with Gasteiger partial charge in [-0.05, 0) is 24.1 Å².